The average Bonchev–Trinajstić information content (AvgIpc) is 3.36. The van der Waals surface area contributed by atoms with E-state index in [4.69, 9.17) is 4.98 Å². The van der Waals surface area contributed by atoms with Crippen molar-refractivity contribution in [2.45, 2.75) is 27.1 Å². The number of thioether (sulfide) groups is 1. The lowest BCUT2D eigenvalue weighted by Crippen LogP contribution is -2.34. The highest BCUT2D eigenvalue weighted by Gasteiger charge is 2.31. The van der Waals surface area contributed by atoms with Gasteiger partial charge in [-0.25, -0.2) is 4.98 Å². The summed E-state index contributed by atoms with van der Waals surface area (Å²) in [6, 6.07) is 36.5. The molecule has 2 heterocycles. The zero-order valence-corrected chi connectivity index (χ0v) is 21.2. The van der Waals surface area contributed by atoms with Crippen LogP contribution in [0.3, 0.4) is 0 Å². The van der Waals surface area contributed by atoms with Crippen molar-refractivity contribution in [1.82, 2.24) is 9.97 Å². The van der Waals surface area contributed by atoms with Crippen molar-refractivity contribution in [3.63, 3.8) is 0 Å². The first-order chi connectivity index (χ1) is 17.7. The van der Waals surface area contributed by atoms with Crippen LogP contribution in [0.15, 0.2) is 124 Å². The van der Waals surface area contributed by atoms with E-state index in [1.807, 2.05) is 84.6 Å². The molecule has 0 saturated heterocycles. The van der Waals surface area contributed by atoms with Gasteiger partial charge in [0, 0.05) is 20.9 Å². The van der Waals surface area contributed by atoms with Crippen molar-refractivity contribution in [3.8, 4) is 22.5 Å². The molecule has 1 atom stereocenters. The first-order valence-electron chi connectivity index (χ1n) is 11.8. The average molecular weight is 506 g/mol. The Morgan fingerprint density at radius 1 is 0.778 bits per heavy atom. The van der Waals surface area contributed by atoms with E-state index in [1.165, 1.54) is 11.8 Å². The predicted octanol–water partition coefficient (Wildman–Crippen LogP) is 8.05. The summed E-state index contributed by atoms with van der Waals surface area (Å²) in [6.07, 6.45) is 0. The molecule has 0 saturated carbocycles. The van der Waals surface area contributed by atoms with Gasteiger partial charge in [0.05, 0.1) is 28.0 Å². The molecule has 1 N–H and O–H groups in total. The number of carbonyl (C=O) groups is 1. The van der Waals surface area contributed by atoms with Gasteiger partial charge in [-0.3, -0.25) is 9.69 Å². The Morgan fingerprint density at radius 2 is 1.31 bits per heavy atom. The van der Waals surface area contributed by atoms with Crippen molar-refractivity contribution >= 4 is 40.8 Å². The summed E-state index contributed by atoms with van der Waals surface area (Å²) in [4.78, 5) is 26.4. The van der Waals surface area contributed by atoms with E-state index in [9.17, 15) is 4.79 Å². The topological polar surface area (TPSA) is 49.0 Å². The summed E-state index contributed by atoms with van der Waals surface area (Å²) in [7, 11) is 0. The monoisotopic (exact) mass is 505 g/mol. The van der Waals surface area contributed by atoms with Gasteiger partial charge in [0.2, 0.25) is 5.91 Å². The lowest BCUT2D eigenvalue weighted by Gasteiger charge is -2.32. The van der Waals surface area contributed by atoms with Crippen molar-refractivity contribution in [2.24, 2.45) is 0 Å². The largest absolute Gasteiger partial charge is 0.332 e. The van der Waals surface area contributed by atoms with E-state index < -0.39 is 0 Å². The number of aromatic nitrogens is 2. The van der Waals surface area contributed by atoms with Crippen LogP contribution in [-0.4, -0.2) is 21.1 Å². The number of carbonyl (C=O) groups excluding carboxylic acids is 1. The maximum atomic E-state index is 13.9. The fourth-order valence-corrected chi connectivity index (χ4v) is 6.27. The standard InChI is InChI=1S/C30H23N3OS2/c1-20(29(34)33-23-16-8-10-18-25(23)36-26-19-11-9-17-24(26)33)35-30-31-27(21-12-4-2-5-13-21)28(32-30)22-14-6-3-7-15-22/h2-20H,1H3,(H,31,32). The number of rotatable bonds is 5. The maximum absolute atomic E-state index is 13.9. The minimum atomic E-state index is -0.354. The third kappa shape index (κ3) is 4.23. The van der Waals surface area contributed by atoms with Crippen LogP contribution in [0.2, 0.25) is 0 Å². The molecule has 0 bridgehead atoms. The number of benzene rings is 4. The zero-order chi connectivity index (χ0) is 24.5. The van der Waals surface area contributed by atoms with Crippen molar-refractivity contribution in [2.75, 3.05) is 4.90 Å². The van der Waals surface area contributed by atoms with E-state index in [0.717, 1.165) is 48.8 Å². The van der Waals surface area contributed by atoms with Gasteiger partial charge in [-0.15, -0.1) is 0 Å². The first-order valence-corrected chi connectivity index (χ1v) is 13.5. The Bertz CT molecular complexity index is 1430. The number of nitrogens with zero attached hydrogens (tertiary/aromatic N) is 2. The molecule has 4 nitrogen and oxygen atoms in total. The van der Waals surface area contributed by atoms with Gasteiger partial charge >= 0.3 is 0 Å². The Labute approximate surface area is 218 Å². The fourth-order valence-electron chi connectivity index (χ4n) is 4.37. The van der Waals surface area contributed by atoms with Gasteiger partial charge in [-0.2, -0.15) is 0 Å². The van der Waals surface area contributed by atoms with Crippen LogP contribution in [-0.2, 0) is 4.79 Å². The van der Waals surface area contributed by atoms with Gasteiger partial charge in [-0.1, -0.05) is 108 Å². The second-order valence-corrected chi connectivity index (χ2v) is 10.9. The van der Waals surface area contributed by atoms with Gasteiger partial charge in [0.1, 0.15) is 0 Å². The van der Waals surface area contributed by atoms with Gasteiger partial charge in [-0.05, 0) is 31.2 Å². The minimum Gasteiger partial charge on any atom is -0.332 e. The molecule has 6 heteroatoms. The second-order valence-electron chi connectivity index (χ2n) is 8.47. The number of hydrogen-bond donors (Lipinski definition) is 1. The van der Waals surface area contributed by atoms with Crippen LogP contribution >= 0.6 is 23.5 Å². The summed E-state index contributed by atoms with van der Waals surface area (Å²) in [5, 5.41) is 0.370. The number of aromatic amines is 1. The lowest BCUT2D eigenvalue weighted by atomic mass is 10.1. The first kappa shape index (κ1) is 22.7. The third-order valence-corrected chi connectivity index (χ3v) is 8.18. The molecule has 4 aromatic carbocycles. The molecule has 1 aromatic heterocycles. The number of hydrogen-bond acceptors (Lipinski definition) is 4. The SMILES string of the molecule is CC(Sc1nc(-c2ccccc2)c(-c2ccccc2)[nH]1)C(=O)N1c2ccccc2Sc2ccccc21. The van der Waals surface area contributed by atoms with Crippen LogP contribution in [0.1, 0.15) is 6.92 Å². The second kappa shape index (κ2) is 9.72. The lowest BCUT2D eigenvalue weighted by molar-refractivity contribution is -0.117. The molecule has 0 spiro atoms. The van der Waals surface area contributed by atoms with Crippen molar-refractivity contribution < 1.29 is 4.79 Å². The number of H-pyrrole nitrogens is 1. The van der Waals surface area contributed by atoms with E-state index in [-0.39, 0.29) is 11.2 Å². The molecular formula is C30H23N3OS2. The number of anilines is 2. The molecule has 0 radical (unpaired) electrons. The molecular weight excluding hydrogens is 482 g/mol. The van der Waals surface area contributed by atoms with E-state index in [0.29, 0.717) is 0 Å². The van der Waals surface area contributed by atoms with Crippen molar-refractivity contribution in [3.05, 3.63) is 109 Å². The summed E-state index contributed by atoms with van der Waals surface area (Å²) in [5.74, 6) is 0.0270. The summed E-state index contributed by atoms with van der Waals surface area (Å²) in [5.41, 5.74) is 5.78. The van der Waals surface area contributed by atoms with E-state index in [1.54, 1.807) is 11.8 Å². The quantitative estimate of drug-likeness (QED) is 0.246. The van der Waals surface area contributed by atoms with Crippen molar-refractivity contribution in [1.29, 1.82) is 0 Å². The highest BCUT2D eigenvalue weighted by atomic mass is 32.2. The molecule has 5 aromatic rings. The molecule has 1 unspecified atom stereocenters. The Kier molecular flexibility index (Phi) is 6.13. The van der Waals surface area contributed by atoms with E-state index in [2.05, 4.69) is 41.4 Å². The normalized spacial score (nSPS) is 13.1. The molecule has 1 aliphatic heterocycles. The highest BCUT2D eigenvalue weighted by molar-refractivity contribution is 8.00. The zero-order valence-electron chi connectivity index (χ0n) is 19.6. The Balaban J connectivity index is 1.35. The summed E-state index contributed by atoms with van der Waals surface area (Å²) >= 11 is 3.15. The Morgan fingerprint density at radius 3 is 1.92 bits per heavy atom. The van der Waals surface area contributed by atoms with Crippen LogP contribution in [0.4, 0.5) is 11.4 Å². The number of nitrogens with one attached hydrogen (secondary N) is 1. The number of amides is 1. The van der Waals surface area contributed by atoms with Gasteiger partial charge in [0.25, 0.3) is 0 Å². The van der Waals surface area contributed by atoms with Crippen LogP contribution < -0.4 is 4.90 Å². The molecule has 1 aliphatic rings. The third-order valence-electron chi connectivity index (χ3n) is 6.08. The number of fused-ring (bicyclic) bond motifs is 2. The molecule has 0 aliphatic carbocycles. The summed E-state index contributed by atoms with van der Waals surface area (Å²) < 4.78 is 0. The summed E-state index contributed by atoms with van der Waals surface area (Å²) in [6.45, 7) is 1.95. The minimum absolute atomic E-state index is 0.0270. The Hall–Kier alpha value is -3.74. The fraction of sp³-hybridized carbons (Fsp3) is 0.0667. The number of imidazole rings is 1. The predicted molar refractivity (Wildman–Crippen MR) is 149 cm³/mol. The maximum Gasteiger partial charge on any atom is 0.244 e. The molecule has 36 heavy (non-hydrogen) atoms. The van der Waals surface area contributed by atoms with Gasteiger partial charge in [0.15, 0.2) is 5.16 Å². The van der Waals surface area contributed by atoms with E-state index >= 15 is 0 Å². The molecule has 176 valence electrons. The van der Waals surface area contributed by atoms with Crippen LogP contribution in [0.5, 0.6) is 0 Å². The van der Waals surface area contributed by atoms with Crippen LogP contribution in [0.25, 0.3) is 22.5 Å². The smallest absolute Gasteiger partial charge is 0.244 e. The molecule has 0 fully saturated rings. The number of para-hydroxylation sites is 2. The van der Waals surface area contributed by atoms with Gasteiger partial charge < -0.3 is 4.98 Å². The molecule has 6 rings (SSSR count). The molecule has 1 amide bonds. The highest BCUT2D eigenvalue weighted by Crippen LogP contribution is 2.48. The van der Waals surface area contributed by atoms with Crippen LogP contribution in [0, 0.1) is 0 Å².